The Hall–Kier alpha value is -0.900. The monoisotopic (exact) mass is 193 g/mol. The minimum Gasteiger partial charge on any atom is -0.385 e. The van der Waals surface area contributed by atoms with Crippen LogP contribution in [-0.4, -0.2) is 12.2 Å². The summed E-state index contributed by atoms with van der Waals surface area (Å²) in [6.07, 6.45) is 1.78. The Morgan fingerprint density at radius 3 is 2.50 bits per heavy atom. The molecule has 0 atom stereocenters. The summed E-state index contributed by atoms with van der Waals surface area (Å²) in [5, 5.41) is 9.83. The van der Waals surface area contributed by atoms with Crippen molar-refractivity contribution in [3.05, 3.63) is 35.4 Å². The highest BCUT2D eigenvalue weighted by molar-refractivity contribution is 5.30. The van der Waals surface area contributed by atoms with Gasteiger partial charge >= 0.3 is 0 Å². The molecule has 1 aliphatic carbocycles. The molecule has 0 amide bonds. The molecule has 0 heterocycles. The number of hydroxylamine groups is 1. The van der Waals surface area contributed by atoms with Gasteiger partial charge in [0.1, 0.15) is 0 Å². The quantitative estimate of drug-likeness (QED) is 0.709. The van der Waals surface area contributed by atoms with Crippen LogP contribution < -0.4 is 5.48 Å². The number of benzene rings is 1. The van der Waals surface area contributed by atoms with E-state index in [4.69, 9.17) is 4.84 Å². The molecule has 0 bridgehead atoms. The fraction of sp³-hybridized carbons (Fsp3) is 0.455. The average Bonchev–Trinajstić information content (AvgIpc) is 2.96. The second kappa shape index (κ2) is 3.69. The van der Waals surface area contributed by atoms with E-state index in [0.29, 0.717) is 6.54 Å². The van der Waals surface area contributed by atoms with E-state index in [0.717, 1.165) is 24.0 Å². The normalized spacial score (nSPS) is 18.1. The highest BCUT2D eigenvalue weighted by Crippen LogP contribution is 2.45. The highest BCUT2D eigenvalue weighted by atomic mass is 16.6. The van der Waals surface area contributed by atoms with Crippen molar-refractivity contribution < 1.29 is 9.94 Å². The van der Waals surface area contributed by atoms with Crippen molar-refractivity contribution in [2.24, 2.45) is 0 Å². The van der Waals surface area contributed by atoms with Gasteiger partial charge in [-0.05, 0) is 24.0 Å². The van der Waals surface area contributed by atoms with E-state index in [-0.39, 0.29) is 0 Å². The molecule has 14 heavy (non-hydrogen) atoms. The average molecular weight is 193 g/mol. The maximum atomic E-state index is 9.83. The van der Waals surface area contributed by atoms with Crippen LogP contribution in [0.3, 0.4) is 0 Å². The van der Waals surface area contributed by atoms with Gasteiger partial charge in [-0.3, -0.25) is 0 Å². The van der Waals surface area contributed by atoms with Gasteiger partial charge in [0.05, 0.1) is 12.7 Å². The van der Waals surface area contributed by atoms with Gasteiger partial charge in [0, 0.05) is 6.54 Å². The lowest BCUT2D eigenvalue weighted by molar-refractivity contribution is 0.0867. The lowest BCUT2D eigenvalue weighted by atomic mass is 10.1. The van der Waals surface area contributed by atoms with Crippen LogP contribution in [0.25, 0.3) is 0 Å². The van der Waals surface area contributed by atoms with Gasteiger partial charge in [-0.25, -0.2) is 0 Å². The van der Waals surface area contributed by atoms with Crippen LogP contribution in [0, 0.1) is 0 Å². The summed E-state index contributed by atoms with van der Waals surface area (Å²) >= 11 is 0. The number of aliphatic hydroxyl groups is 1. The van der Waals surface area contributed by atoms with E-state index in [1.807, 2.05) is 24.3 Å². The molecule has 0 unspecified atom stereocenters. The Bertz CT molecular complexity index is 304. The molecule has 3 heteroatoms. The zero-order chi connectivity index (χ0) is 10.0. The predicted molar refractivity (Wildman–Crippen MR) is 53.4 cm³/mol. The number of hydrogen-bond donors (Lipinski definition) is 2. The molecule has 0 aromatic heterocycles. The minimum atomic E-state index is -0.521. The van der Waals surface area contributed by atoms with Gasteiger partial charge in [0.2, 0.25) is 0 Å². The lowest BCUT2D eigenvalue weighted by Crippen LogP contribution is -2.11. The largest absolute Gasteiger partial charge is 0.385 e. The molecule has 0 radical (unpaired) electrons. The number of rotatable bonds is 4. The minimum absolute atomic E-state index is 0.521. The zero-order valence-corrected chi connectivity index (χ0v) is 8.29. The second-order valence-electron chi connectivity index (χ2n) is 3.75. The third-order valence-corrected chi connectivity index (χ3v) is 2.64. The Morgan fingerprint density at radius 2 is 2.00 bits per heavy atom. The predicted octanol–water partition coefficient (Wildman–Crippen LogP) is 1.32. The number of nitrogens with one attached hydrogen (secondary N) is 1. The highest BCUT2D eigenvalue weighted by Gasteiger charge is 2.41. The first kappa shape index (κ1) is 9.65. The Kier molecular flexibility index (Phi) is 2.54. The number of hydrogen-bond acceptors (Lipinski definition) is 3. The molecule has 0 saturated heterocycles. The summed E-state index contributed by atoms with van der Waals surface area (Å²) in [6, 6.07) is 7.99. The smallest absolute Gasteiger partial charge is 0.0899 e. The molecule has 0 spiro atoms. The summed E-state index contributed by atoms with van der Waals surface area (Å²) in [5.74, 6) is 0. The molecule has 1 aromatic rings. The maximum Gasteiger partial charge on any atom is 0.0899 e. The third-order valence-electron chi connectivity index (χ3n) is 2.64. The fourth-order valence-corrected chi connectivity index (χ4v) is 1.50. The van der Waals surface area contributed by atoms with Crippen LogP contribution in [0.1, 0.15) is 24.0 Å². The molecule has 1 fully saturated rings. The molecule has 1 aromatic carbocycles. The van der Waals surface area contributed by atoms with E-state index >= 15 is 0 Å². The molecular formula is C11H15NO2. The topological polar surface area (TPSA) is 41.5 Å². The summed E-state index contributed by atoms with van der Waals surface area (Å²) in [7, 11) is 1.60. The Morgan fingerprint density at radius 1 is 1.36 bits per heavy atom. The molecule has 76 valence electrons. The molecule has 2 rings (SSSR count). The first-order valence-electron chi connectivity index (χ1n) is 4.82. The van der Waals surface area contributed by atoms with E-state index < -0.39 is 5.60 Å². The van der Waals surface area contributed by atoms with Gasteiger partial charge in [-0.1, -0.05) is 24.3 Å². The summed E-state index contributed by atoms with van der Waals surface area (Å²) in [5.41, 5.74) is 4.43. The van der Waals surface area contributed by atoms with E-state index in [9.17, 15) is 5.11 Å². The molecule has 3 nitrogen and oxygen atoms in total. The summed E-state index contributed by atoms with van der Waals surface area (Å²) in [4.78, 5) is 4.76. The van der Waals surface area contributed by atoms with Crippen LogP contribution in [0.15, 0.2) is 24.3 Å². The Labute approximate surface area is 83.7 Å². The van der Waals surface area contributed by atoms with Crippen LogP contribution in [-0.2, 0) is 17.0 Å². The van der Waals surface area contributed by atoms with Crippen molar-refractivity contribution in [2.75, 3.05) is 7.11 Å². The van der Waals surface area contributed by atoms with Crippen LogP contribution in [0.2, 0.25) is 0 Å². The molecule has 2 N–H and O–H groups in total. The lowest BCUT2D eigenvalue weighted by Gasteiger charge is -2.08. The Balaban J connectivity index is 2.03. The van der Waals surface area contributed by atoms with Gasteiger partial charge in [0.15, 0.2) is 0 Å². The van der Waals surface area contributed by atoms with Crippen LogP contribution in [0.4, 0.5) is 0 Å². The molecule has 0 aliphatic heterocycles. The first-order valence-corrected chi connectivity index (χ1v) is 4.82. The molecule has 1 aliphatic rings. The third kappa shape index (κ3) is 1.95. The van der Waals surface area contributed by atoms with Gasteiger partial charge in [0.25, 0.3) is 0 Å². The van der Waals surface area contributed by atoms with Crippen molar-refractivity contribution in [3.63, 3.8) is 0 Å². The van der Waals surface area contributed by atoms with Crippen LogP contribution >= 0.6 is 0 Å². The van der Waals surface area contributed by atoms with Crippen LogP contribution in [0.5, 0.6) is 0 Å². The van der Waals surface area contributed by atoms with Gasteiger partial charge in [-0.2, -0.15) is 5.48 Å². The van der Waals surface area contributed by atoms with Gasteiger partial charge < -0.3 is 9.94 Å². The first-order chi connectivity index (χ1) is 6.74. The van der Waals surface area contributed by atoms with E-state index in [1.165, 1.54) is 0 Å². The summed E-state index contributed by atoms with van der Waals surface area (Å²) < 4.78 is 0. The van der Waals surface area contributed by atoms with E-state index in [2.05, 4.69) is 5.48 Å². The zero-order valence-electron chi connectivity index (χ0n) is 8.29. The van der Waals surface area contributed by atoms with Crippen molar-refractivity contribution in [2.45, 2.75) is 25.0 Å². The maximum absolute atomic E-state index is 9.83. The molecule has 1 saturated carbocycles. The SMILES string of the molecule is CONCc1ccc(C2(O)CC2)cc1. The van der Waals surface area contributed by atoms with Crippen molar-refractivity contribution in [1.29, 1.82) is 0 Å². The fourth-order valence-electron chi connectivity index (χ4n) is 1.50. The van der Waals surface area contributed by atoms with E-state index in [1.54, 1.807) is 7.11 Å². The van der Waals surface area contributed by atoms with Crippen molar-refractivity contribution in [1.82, 2.24) is 5.48 Å². The second-order valence-corrected chi connectivity index (χ2v) is 3.75. The standard InChI is InChI=1S/C11H15NO2/c1-14-12-8-9-2-4-10(5-3-9)11(13)6-7-11/h2-5,12-13H,6-8H2,1H3. The summed E-state index contributed by atoms with van der Waals surface area (Å²) in [6.45, 7) is 0.690. The van der Waals surface area contributed by atoms with Gasteiger partial charge in [-0.15, -0.1) is 0 Å². The van der Waals surface area contributed by atoms with Crippen molar-refractivity contribution >= 4 is 0 Å². The molecular weight excluding hydrogens is 178 g/mol. The van der Waals surface area contributed by atoms with Crippen molar-refractivity contribution in [3.8, 4) is 0 Å².